The number of benzene rings is 1. The number of hydrogen-bond donors (Lipinski definition) is 5. The van der Waals surface area contributed by atoms with Gasteiger partial charge in [-0.15, -0.1) is 0 Å². The number of nitrogens with two attached hydrogens (primary N) is 1. The first-order chi connectivity index (χ1) is 15.3. The van der Waals surface area contributed by atoms with Crippen LogP contribution in [0.3, 0.4) is 0 Å². The Labute approximate surface area is 192 Å². The van der Waals surface area contributed by atoms with E-state index in [0.717, 1.165) is 12.8 Å². The first-order valence-corrected chi connectivity index (χ1v) is 11.8. The Morgan fingerprint density at radius 3 is 1.62 bits per heavy atom. The van der Waals surface area contributed by atoms with E-state index >= 15 is 0 Å². The summed E-state index contributed by atoms with van der Waals surface area (Å²) in [5.74, 6) is -1.74. The summed E-state index contributed by atoms with van der Waals surface area (Å²) >= 11 is 0. The first kappa shape index (κ1) is 30.0. The molecule has 0 atom stereocenters. The van der Waals surface area contributed by atoms with E-state index in [1.807, 2.05) is 0 Å². The molecule has 6 N–H and O–H groups in total. The molecule has 0 radical (unpaired) electrons. The number of carbonyl (C=O) groups is 2. The number of aliphatic hydroxyl groups is 2. The molecule has 7 nitrogen and oxygen atoms in total. The third-order valence-electron chi connectivity index (χ3n) is 5.41. The van der Waals surface area contributed by atoms with Gasteiger partial charge in [0.1, 0.15) is 0 Å². The van der Waals surface area contributed by atoms with E-state index in [1.165, 1.54) is 49.7 Å². The molecule has 0 unspecified atom stereocenters. The molecule has 1 rings (SSSR count). The monoisotopic (exact) mass is 453 g/mol. The second-order valence-electron chi connectivity index (χ2n) is 8.51. The lowest BCUT2D eigenvalue weighted by atomic mass is 9.93. The van der Waals surface area contributed by atoms with Gasteiger partial charge in [0.05, 0.1) is 18.8 Å². The van der Waals surface area contributed by atoms with Crippen molar-refractivity contribution in [2.24, 2.45) is 5.73 Å². The third kappa shape index (κ3) is 16.7. The molecule has 0 amide bonds. The summed E-state index contributed by atoms with van der Waals surface area (Å²) in [5, 5.41) is 34.7. The van der Waals surface area contributed by atoms with E-state index in [9.17, 15) is 19.8 Å². The lowest BCUT2D eigenvalue weighted by molar-refractivity contribution is -0.139. The summed E-state index contributed by atoms with van der Waals surface area (Å²) in [6.07, 6.45) is 11.5. The second-order valence-corrected chi connectivity index (χ2v) is 8.51. The van der Waals surface area contributed by atoms with Crippen molar-refractivity contribution in [3.05, 3.63) is 35.4 Å². The minimum absolute atomic E-state index is 0.0628. The predicted octanol–water partition coefficient (Wildman–Crippen LogP) is 3.92. The Bertz CT molecular complexity index is 597. The molecule has 0 aliphatic heterocycles. The molecule has 0 spiro atoms. The third-order valence-corrected chi connectivity index (χ3v) is 5.41. The summed E-state index contributed by atoms with van der Waals surface area (Å²) in [7, 11) is 0. The van der Waals surface area contributed by atoms with Gasteiger partial charge in [0.25, 0.3) is 0 Å². The quantitative estimate of drug-likeness (QED) is 0.225. The van der Waals surface area contributed by atoms with E-state index in [4.69, 9.17) is 15.9 Å². The molecular formula is C25H43NO6. The van der Waals surface area contributed by atoms with Crippen molar-refractivity contribution >= 4 is 11.9 Å². The number of aryl methyl sites for hydroxylation is 2. The lowest BCUT2D eigenvalue weighted by Gasteiger charge is -2.24. The molecule has 0 aliphatic carbocycles. The van der Waals surface area contributed by atoms with Crippen LogP contribution in [0, 0.1) is 0 Å². The van der Waals surface area contributed by atoms with Crippen LogP contribution in [0.5, 0.6) is 0 Å². The van der Waals surface area contributed by atoms with Gasteiger partial charge in [0, 0.05) is 12.8 Å². The Morgan fingerprint density at radius 2 is 1.19 bits per heavy atom. The molecule has 0 aliphatic rings. The molecule has 1 aromatic rings. The highest BCUT2D eigenvalue weighted by Crippen LogP contribution is 2.14. The van der Waals surface area contributed by atoms with E-state index in [1.54, 1.807) is 0 Å². The van der Waals surface area contributed by atoms with E-state index < -0.39 is 17.5 Å². The summed E-state index contributed by atoms with van der Waals surface area (Å²) in [6.45, 7) is 1.89. The SMILES string of the molecule is CCCCCCCCc1ccc(CCC(N)(CO)CO)cc1.O=C(O)CCCCC(=O)O. The zero-order valence-corrected chi connectivity index (χ0v) is 19.6. The smallest absolute Gasteiger partial charge is 0.303 e. The molecule has 0 saturated heterocycles. The number of aliphatic carboxylic acids is 2. The van der Waals surface area contributed by atoms with Crippen molar-refractivity contribution in [1.29, 1.82) is 0 Å². The number of rotatable bonds is 17. The van der Waals surface area contributed by atoms with Crippen LogP contribution < -0.4 is 5.73 Å². The zero-order valence-electron chi connectivity index (χ0n) is 19.6. The van der Waals surface area contributed by atoms with Crippen LogP contribution in [0.1, 0.15) is 88.7 Å². The number of hydrogen-bond acceptors (Lipinski definition) is 5. The maximum atomic E-state index is 9.90. The molecule has 0 fully saturated rings. The fourth-order valence-corrected chi connectivity index (χ4v) is 3.14. The molecule has 0 aromatic heterocycles. The van der Waals surface area contributed by atoms with Crippen molar-refractivity contribution in [1.82, 2.24) is 0 Å². The largest absolute Gasteiger partial charge is 0.481 e. The number of aliphatic hydroxyl groups excluding tert-OH is 2. The van der Waals surface area contributed by atoms with Crippen molar-refractivity contribution < 1.29 is 30.0 Å². The Kier molecular flexibility index (Phi) is 17.5. The number of carboxylic acid groups (broad SMARTS) is 2. The van der Waals surface area contributed by atoms with Crippen LogP contribution in [-0.2, 0) is 22.4 Å². The van der Waals surface area contributed by atoms with E-state index in [-0.39, 0.29) is 26.1 Å². The van der Waals surface area contributed by atoms with Crippen LogP contribution >= 0.6 is 0 Å². The lowest BCUT2D eigenvalue weighted by Crippen LogP contribution is -2.47. The van der Waals surface area contributed by atoms with Crippen LogP contribution in [0.2, 0.25) is 0 Å². The maximum absolute atomic E-state index is 9.90. The minimum Gasteiger partial charge on any atom is -0.481 e. The Balaban J connectivity index is 0.000000809. The number of unbranched alkanes of at least 4 members (excludes halogenated alkanes) is 6. The minimum atomic E-state index is -0.870. The van der Waals surface area contributed by atoms with Gasteiger partial charge in [-0.2, -0.15) is 0 Å². The van der Waals surface area contributed by atoms with Gasteiger partial charge in [0.2, 0.25) is 0 Å². The average Bonchev–Trinajstić information content (AvgIpc) is 2.78. The molecule has 1 aromatic carbocycles. The highest BCUT2D eigenvalue weighted by Gasteiger charge is 2.22. The Morgan fingerprint density at radius 1 is 0.750 bits per heavy atom. The molecule has 0 saturated carbocycles. The summed E-state index contributed by atoms with van der Waals surface area (Å²) in [4.78, 5) is 19.8. The van der Waals surface area contributed by atoms with Gasteiger partial charge in [-0.3, -0.25) is 9.59 Å². The fraction of sp³-hybridized carbons (Fsp3) is 0.680. The normalized spacial score (nSPS) is 11.0. The van der Waals surface area contributed by atoms with Crippen LogP contribution in [-0.4, -0.2) is 51.1 Å². The highest BCUT2D eigenvalue weighted by molar-refractivity contribution is 5.67. The van der Waals surface area contributed by atoms with E-state index in [2.05, 4.69) is 31.2 Å². The zero-order chi connectivity index (χ0) is 24.2. The van der Waals surface area contributed by atoms with Gasteiger partial charge in [-0.25, -0.2) is 0 Å². The molecule has 0 bridgehead atoms. The standard InChI is InChI=1S/C19H33NO2.C6H10O4/c1-2-3-4-5-6-7-8-17-9-11-18(12-10-17)13-14-19(20,15-21)16-22;7-5(8)3-1-2-4-6(9)10/h9-12,21-22H,2-8,13-16,20H2,1H3;1-4H2,(H,7,8)(H,9,10). The second kappa shape index (κ2) is 18.6. The van der Waals surface area contributed by atoms with Gasteiger partial charge < -0.3 is 26.2 Å². The average molecular weight is 454 g/mol. The molecule has 32 heavy (non-hydrogen) atoms. The summed E-state index contributed by atoms with van der Waals surface area (Å²) in [5.41, 5.74) is 7.63. The van der Waals surface area contributed by atoms with Crippen LogP contribution in [0.4, 0.5) is 0 Å². The predicted molar refractivity (Wildman–Crippen MR) is 127 cm³/mol. The van der Waals surface area contributed by atoms with Gasteiger partial charge >= 0.3 is 11.9 Å². The van der Waals surface area contributed by atoms with Crippen LogP contribution in [0.15, 0.2) is 24.3 Å². The van der Waals surface area contributed by atoms with Crippen molar-refractivity contribution in [2.45, 2.75) is 95.9 Å². The highest BCUT2D eigenvalue weighted by atomic mass is 16.4. The maximum Gasteiger partial charge on any atom is 0.303 e. The molecule has 0 heterocycles. The topological polar surface area (TPSA) is 141 Å². The fourth-order valence-electron chi connectivity index (χ4n) is 3.14. The van der Waals surface area contributed by atoms with Crippen molar-refractivity contribution in [3.63, 3.8) is 0 Å². The van der Waals surface area contributed by atoms with Crippen molar-refractivity contribution in [3.8, 4) is 0 Å². The van der Waals surface area contributed by atoms with Crippen LogP contribution in [0.25, 0.3) is 0 Å². The van der Waals surface area contributed by atoms with Gasteiger partial charge in [-0.05, 0) is 49.7 Å². The molecule has 7 heteroatoms. The molecular weight excluding hydrogens is 410 g/mol. The number of carboxylic acids is 2. The van der Waals surface area contributed by atoms with Crippen molar-refractivity contribution in [2.75, 3.05) is 13.2 Å². The summed E-state index contributed by atoms with van der Waals surface area (Å²) in [6, 6.07) is 8.66. The van der Waals surface area contributed by atoms with E-state index in [0.29, 0.717) is 19.3 Å². The summed E-state index contributed by atoms with van der Waals surface area (Å²) < 4.78 is 0. The Hall–Kier alpha value is -1.96. The van der Waals surface area contributed by atoms with Gasteiger partial charge in [0.15, 0.2) is 0 Å². The van der Waals surface area contributed by atoms with Gasteiger partial charge in [-0.1, -0.05) is 63.3 Å². The first-order valence-electron chi connectivity index (χ1n) is 11.8. The molecule has 184 valence electrons.